The molecule has 1 fully saturated rings. The van der Waals surface area contributed by atoms with Crippen molar-refractivity contribution in [2.24, 2.45) is 0 Å². The van der Waals surface area contributed by atoms with Crippen LogP contribution in [0.4, 0.5) is 0 Å². The van der Waals surface area contributed by atoms with Crippen LogP contribution in [0, 0.1) is 0 Å². The maximum atomic E-state index is 12.1. The molecule has 1 aromatic rings. The molecule has 0 atom stereocenters. The Balaban J connectivity index is 1.98. The van der Waals surface area contributed by atoms with Crippen LogP contribution in [-0.2, 0) is 4.79 Å². The molecule has 0 unspecified atom stereocenters. The van der Waals surface area contributed by atoms with Gasteiger partial charge in [-0.25, -0.2) is 0 Å². The highest BCUT2D eigenvalue weighted by molar-refractivity contribution is 9.10. The smallest absolute Gasteiger partial charge is 0.268 e. The van der Waals surface area contributed by atoms with E-state index in [9.17, 15) is 9.59 Å². The molecule has 1 saturated carbocycles. The normalized spacial score (nSPS) is 14.3. The summed E-state index contributed by atoms with van der Waals surface area (Å²) in [5.41, 5.74) is 0.612. The lowest BCUT2D eigenvalue weighted by Gasteiger charge is -2.15. The highest BCUT2D eigenvalue weighted by atomic mass is 79.9. The van der Waals surface area contributed by atoms with Crippen molar-refractivity contribution in [2.75, 3.05) is 20.1 Å². The zero-order valence-corrected chi connectivity index (χ0v) is 12.7. The van der Waals surface area contributed by atoms with E-state index in [0.717, 1.165) is 17.3 Å². The molecular formula is C13H18BrN3O2. The van der Waals surface area contributed by atoms with Crippen LogP contribution >= 0.6 is 15.9 Å². The Morgan fingerprint density at radius 1 is 1.53 bits per heavy atom. The van der Waals surface area contributed by atoms with E-state index in [-0.39, 0.29) is 18.4 Å². The summed E-state index contributed by atoms with van der Waals surface area (Å²) in [4.78, 5) is 25.3. The predicted molar refractivity (Wildman–Crippen MR) is 76.0 cm³/mol. The molecule has 0 bridgehead atoms. The zero-order valence-electron chi connectivity index (χ0n) is 11.1. The molecule has 0 radical (unpaired) electrons. The largest absolute Gasteiger partial charge is 0.345 e. The fourth-order valence-corrected chi connectivity index (χ4v) is 2.28. The Morgan fingerprint density at radius 3 is 2.79 bits per heavy atom. The van der Waals surface area contributed by atoms with Crippen molar-refractivity contribution < 1.29 is 9.59 Å². The third-order valence-corrected chi connectivity index (χ3v) is 3.72. The van der Waals surface area contributed by atoms with Gasteiger partial charge in [0.25, 0.3) is 5.91 Å². The maximum Gasteiger partial charge on any atom is 0.268 e. The summed E-state index contributed by atoms with van der Waals surface area (Å²) in [6.07, 6.45) is 4.14. The van der Waals surface area contributed by atoms with E-state index >= 15 is 0 Å². The van der Waals surface area contributed by atoms with E-state index in [0.29, 0.717) is 18.3 Å². The molecule has 1 N–H and O–H groups in total. The minimum Gasteiger partial charge on any atom is -0.345 e. The van der Waals surface area contributed by atoms with Gasteiger partial charge in [0.2, 0.25) is 5.91 Å². The van der Waals surface area contributed by atoms with Crippen molar-refractivity contribution >= 4 is 27.7 Å². The average molecular weight is 328 g/mol. The van der Waals surface area contributed by atoms with E-state index in [1.807, 2.05) is 17.7 Å². The molecular weight excluding hydrogens is 310 g/mol. The van der Waals surface area contributed by atoms with Gasteiger partial charge in [-0.3, -0.25) is 9.59 Å². The number of amides is 2. The van der Waals surface area contributed by atoms with E-state index < -0.39 is 0 Å². The van der Waals surface area contributed by atoms with Gasteiger partial charge in [-0.1, -0.05) is 0 Å². The van der Waals surface area contributed by atoms with Gasteiger partial charge in [0, 0.05) is 30.3 Å². The number of carbonyl (C=O) groups excluding carboxylic acids is 2. The van der Waals surface area contributed by atoms with Crippen molar-refractivity contribution in [3.05, 3.63) is 22.4 Å². The standard InChI is InChI=1S/C13H18BrN3O2/c1-3-16(2)12(18)7-15-13(19)11-6-9(14)8-17(11)10-4-5-10/h6,8,10H,3-5,7H2,1-2H3,(H,15,19). The van der Waals surface area contributed by atoms with Crippen molar-refractivity contribution in [3.8, 4) is 0 Å². The number of hydrogen-bond donors (Lipinski definition) is 1. The van der Waals surface area contributed by atoms with Crippen LogP contribution in [0.5, 0.6) is 0 Å². The molecule has 104 valence electrons. The highest BCUT2D eigenvalue weighted by Gasteiger charge is 2.27. The first-order chi connectivity index (χ1) is 9.02. The van der Waals surface area contributed by atoms with Crippen molar-refractivity contribution in [2.45, 2.75) is 25.8 Å². The highest BCUT2D eigenvalue weighted by Crippen LogP contribution is 2.37. The first-order valence-electron chi connectivity index (χ1n) is 6.42. The van der Waals surface area contributed by atoms with Gasteiger partial charge >= 0.3 is 0 Å². The molecule has 5 nitrogen and oxygen atoms in total. The van der Waals surface area contributed by atoms with Crippen LogP contribution in [0.1, 0.15) is 36.3 Å². The summed E-state index contributed by atoms with van der Waals surface area (Å²) < 4.78 is 2.87. The van der Waals surface area contributed by atoms with E-state index in [2.05, 4.69) is 21.2 Å². The lowest BCUT2D eigenvalue weighted by Crippen LogP contribution is -2.38. The fraction of sp³-hybridized carbons (Fsp3) is 0.538. The van der Waals surface area contributed by atoms with Crippen LogP contribution < -0.4 is 5.32 Å². The number of carbonyl (C=O) groups is 2. The van der Waals surface area contributed by atoms with Crippen LogP contribution in [0.2, 0.25) is 0 Å². The SMILES string of the molecule is CCN(C)C(=O)CNC(=O)c1cc(Br)cn1C1CC1. The molecule has 2 rings (SSSR count). The van der Waals surface area contributed by atoms with Gasteiger partial charge in [0.05, 0.1) is 6.54 Å². The Morgan fingerprint density at radius 2 is 2.21 bits per heavy atom. The second-order valence-corrected chi connectivity index (χ2v) is 5.69. The first-order valence-corrected chi connectivity index (χ1v) is 7.21. The Hall–Kier alpha value is -1.30. The number of aromatic nitrogens is 1. The van der Waals surface area contributed by atoms with E-state index in [1.54, 1.807) is 18.0 Å². The molecule has 2 amide bonds. The maximum absolute atomic E-state index is 12.1. The zero-order chi connectivity index (χ0) is 14.0. The van der Waals surface area contributed by atoms with E-state index in [4.69, 9.17) is 0 Å². The van der Waals surface area contributed by atoms with Gasteiger partial charge in [-0.2, -0.15) is 0 Å². The van der Waals surface area contributed by atoms with Gasteiger partial charge < -0.3 is 14.8 Å². The number of nitrogens with zero attached hydrogens (tertiary/aromatic N) is 2. The molecule has 1 aromatic heterocycles. The average Bonchev–Trinajstić information content (AvgIpc) is 3.17. The van der Waals surface area contributed by atoms with Gasteiger partial charge in [0.1, 0.15) is 5.69 Å². The Labute approximate surface area is 121 Å². The minimum atomic E-state index is -0.199. The monoisotopic (exact) mass is 327 g/mol. The van der Waals surface area contributed by atoms with Crippen molar-refractivity contribution in [1.82, 2.24) is 14.8 Å². The molecule has 19 heavy (non-hydrogen) atoms. The number of halogens is 1. The number of likely N-dealkylation sites (N-methyl/N-ethyl adjacent to an activating group) is 1. The van der Waals surface area contributed by atoms with Gasteiger partial charge in [-0.15, -0.1) is 0 Å². The second kappa shape index (κ2) is 5.77. The van der Waals surface area contributed by atoms with Crippen molar-refractivity contribution in [3.63, 3.8) is 0 Å². The number of hydrogen-bond acceptors (Lipinski definition) is 2. The summed E-state index contributed by atoms with van der Waals surface area (Å²) in [6, 6.07) is 2.22. The number of nitrogens with one attached hydrogen (secondary N) is 1. The van der Waals surface area contributed by atoms with Gasteiger partial charge in [0.15, 0.2) is 0 Å². The topological polar surface area (TPSA) is 54.3 Å². The predicted octanol–water partition coefficient (Wildman–Crippen LogP) is 1.79. The Bertz CT molecular complexity index is 494. The summed E-state index contributed by atoms with van der Waals surface area (Å²) >= 11 is 3.39. The van der Waals surface area contributed by atoms with Gasteiger partial charge in [-0.05, 0) is 41.8 Å². The van der Waals surface area contributed by atoms with Crippen LogP contribution in [0.3, 0.4) is 0 Å². The lowest BCUT2D eigenvalue weighted by molar-refractivity contribution is -0.128. The molecule has 6 heteroatoms. The molecule has 1 aliphatic carbocycles. The molecule has 0 saturated heterocycles. The summed E-state index contributed by atoms with van der Waals surface area (Å²) in [6.45, 7) is 2.57. The molecule has 0 aliphatic heterocycles. The van der Waals surface area contributed by atoms with Crippen LogP contribution in [-0.4, -0.2) is 41.4 Å². The minimum absolute atomic E-state index is 0.0383. The molecule has 1 heterocycles. The molecule has 0 spiro atoms. The fourth-order valence-electron chi connectivity index (χ4n) is 1.84. The third-order valence-electron chi connectivity index (χ3n) is 3.29. The third kappa shape index (κ3) is 3.37. The van der Waals surface area contributed by atoms with Crippen LogP contribution in [0.25, 0.3) is 0 Å². The first kappa shape index (κ1) is 14.1. The molecule has 0 aromatic carbocycles. The quantitative estimate of drug-likeness (QED) is 0.896. The van der Waals surface area contributed by atoms with Crippen LogP contribution in [0.15, 0.2) is 16.7 Å². The number of rotatable bonds is 5. The van der Waals surface area contributed by atoms with Crippen molar-refractivity contribution in [1.29, 1.82) is 0 Å². The lowest BCUT2D eigenvalue weighted by atomic mass is 10.3. The summed E-state index contributed by atoms with van der Waals surface area (Å²) in [7, 11) is 1.72. The summed E-state index contributed by atoms with van der Waals surface area (Å²) in [5, 5.41) is 2.68. The Kier molecular flexibility index (Phi) is 4.29. The van der Waals surface area contributed by atoms with E-state index in [1.165, 1.54) is 0 Å². The molecule has 1 aliphatic rings. The second-order valence-electron chi connectivity index (χ2n) is 4.77. The summed E-state index contributed by atoms with van der Waals surface area (Å²) in [5.74, 6) is -0.283.